The third-order valence-corrected chi connectivity index (χ3v) is 3.71. The smallest absolute Gasteiger partial charge is 0.177 e. The number of nitrogens with zero attached hydrogens (tertiary/aromatic N) is 5. The van der Waals surface area contributed by atoms with Gasteiger partial charge in [-0.1, -0.05) is 6.92 Å². The second-order valence-corrected chi connectivity index (χ2v) is 5.09. The van der Waals surface area contributed by atoms with Crippen LogP contribution in [0.15, 0.2) is 5.38 Å². The largest absolute Gasteiger partial charge is 0.313 e. The number of nitriles is 2. The van der Waals surface area contributed by atoms with Crippen molar-refractivity contribution in [3.8, 4) is 12.1 Å². The van der Waals surface area contributed by atoms with Gasteiger partial charge in [-0.15, -0.1) is 11.3 Å². The van der Waals surface area contributed by atoms with Crippen molar-refractivity contribution in [3.63, 3.8) is 0 Å². The molecule has 6 heteroatoms. The number of rotatable bonds is 4. The molecule has 0 aliphatic rings. The van der Waals surface area contributed by atoms with Gasteiger partial charge in [0.15, 0.2) is 11.4 Å². The Morgan fingerprint density at radius 2 is 2.11 bits per heavy atom. The van der Waals surface area contributed by atoms with E-state index in [-0.39, 0.29) is 5.69 Å². The Labute approximate surface area is 115 Å². The highest BCUT2D eigenvalue weighted by Crippen LogP contribution is 2.16. The number of imidazole rings is 1. The van der Waals surface area contributed by atoms with Gasteiger partial charge in [-0.05, 0) is 19.8 Å². The van der Waals surface area contributed by atoms with E-state index in [1.807, 2.05) is 17.5 Å². The lowest BCUT2D eigenvalue weighted by atomic mass is 10.3. The van der Waals surface area contributed by atoms with E-state index in [2.05, 4.69) is 16.9 Å². The van der Waals surface area contributed by atoms with E-state index in [1.54, 1.807) is 22.8 Å². The quantitative estimate of drug-likeness (QED) is 0.855. The molecule has 0 spiro atoms. The van der Waals surface area contributed by atoms with Crippen LogP contribution in [0.2, 0.25) is 0 Å². The molecule has 0 unspecified atom stereocenters. The van der Waals surface area contributed by atoms with Gasteiger partial charge in [0.2, 0.25) is 0 Å². The number of aryl methyl sites for hydroxylation is 2. The molecule has 0 saturated heterocycles. The fourth-order valence-electron chi connectivity index (χ4n) is 1.86. The topological polar surface area (TPSA) is 78.3 Å². The van der Waals surface area contributed by atoms with Gasteiger partial charge < -0.3 is 4.57 Å². The van der Waals surface area contributed by atoms with Gasteiger partial charge in [0.1, 0.15) is 18.0 Å². The number of hydrogen-bond donors (Lipinski definition) is 0. The summed E-state index contributed by atoms with van der Waals surface area (Å²) >= 11 is 1.63. The maximum atomic E-state index is 9.13. The molecule has 0 fully saturated rings. The van der Waals surface area contributed by atoms with Crippen LogP contribution in [-0.4, -0.2) is 14.5 Å². The first-order valence-electron chi connectivity index (χ1n) is 6.00. The van der Waals surface area contributed by atoms with Gasteiger partial charge in [-0.3, -0.25) is 0 Å². The molecule has 0 atom stereocenters. The molecule has 0 amide bonds. The summed E-state index contributed by atoms with van der Waals surface area (Å²) in [5.74, 6) is 0.665. The van der Waals surface area contributed by atoms with E-state index < -0.39 is 0 Å². The average molecular weight is 271 g/mol. The number of hydrogen-bond acceptors (Lipinski definition) is 5. The van der Waals surface area contributed by atoms with Gasteiger partial charge >= 0.3 is 0 Å². The van der Waals surface area contributed by atoms with E-state index >= 15 is 0 Å². The van der Waals surface area contributed by atoms with Crippen LogP contribution >= 0.6 is 11.3 Å². The molecule has 0 aliphatic heterocycles. The van der Waals surface area contributed by atoms with Crippen molar-refractivity contribution in [2.75, 3.05) is 0 Å². The highest BCUT2D eigenvalue weighted by Gasteiger charge is 2.15. The summed E-state index contributed by atoms with van der Waals surface area (Å²) in [7, 11) is 0. The van der Waals surface area contributed by atoms with Gasteiger partial charge in [0, 0.05) is 5.38 Å². The zero-order valence-electron chi connectivity index (χ0n) is 10.8. The van der Waals surface area contributed by atoms with Crippen LogP contribution in [0.5, 0.6) is 0 Å². The van der Waals surface area contributed by atoms with Gasteiger partial charge in [0.25, 0.3) is 0 Å². The minimum absolute atomic E-state index is 0.184. The Morgan fingerprint density at radius 1 is 1.32 bits per heavy atom. The summed E-state index contributed by atoms with van der Waals surface area (Å²) in [5.41, 5.74) is 1.41. The van der Waals surface area contributed by atoms with Crippen LogP contribution in [0.25, 0.3) is 0 Å². The highest BCUT2D eigenvalue weighted by atomic mass is 32.1. The first-order chi connectivity index (χ1) is 9.19. The summed E-state index contributed by atoms with van der Waals surface area (Å²) in [6.45, 7) is 4.40. The lowest BCUT2D eigenvalue weighted by Gasteiger charge is -2.03. The molecule has 2 aromatic rings. The molecule has 2 heterocycles. The molecule has 96 valence electrons. The fraction of sp³-hybridized carbons (Fsp3) is 0.385. The molecule has 5 nitrogen and oxygen atoms in total. The molecule has 2 rings (SSSR count). The first kappa shape index (κ1) is 13.3. The highest BCUT2D eigenvalue weighted by molar-refractivity contribution is 7.09. The molecule has 0 radical (unpaired) electrons. The van der Waals surface area contributed by atoms with E-state index in [0.29, 0.717) is 18.1 Å². The minimum Gasteiger partial charge on any atom is -0.313 e. The molecular formula is C13H13N5S. The molecule has 0 N–H and O–H groups in total. The molecule has 0 bridgehead atoms. The SMILES string of the molecule is CCCc1nc(Cn2c(C)nc(C#N)c2C#N)cs1. The third-order valence-electron chi connectivity index (χ3n) is 2.75. The van der Waals surface area contributed by atoms with Gasteiger partial charge in [0.05, 0.1) is 17.2 Å². The molecule has 19 heavy (non-hydrogen) atoms. The second kappa shape index (κ2) is 5.64. The Hall–Kier alpha value is -2.18. The Kier molecular flexibility index (Phi) is 3.94. The van der Waals surface area contributed by atoms with Crippen molar-refractivity contribution in [3.05, 3.63) is 33.3 Å². The van der Waals surface area contributed by atoms with Gasteiger partial charge in [-0.2, -0.15) is 10.5 Å². The van der Waals surface area contributed by atoms with Crippen LogP contribution < -0.4 is 0 Å². The van der Waals surface area contributed by atoms with Crippen molar-refractivity contribution in [1.29, 1.82) is 10.5 Å². The monoisotopic (exact) mass is 271 g/mol. The molecular weight excluding hydrogens is 258 g/mol. The zero-order valence-corrected chi connectivity index (χ0v) is 11.7. The van der Waals surface area contributed by atoms with E-state index in [1.165, 1.54) is 0 Å². The van der Waals surface area contributed by atoms with Crippen molar-refractivity contribution < 1.29 is 0 Å². The lowest BCUT2D eigenvalue weighted by Crippen LogP contribution is -2.05. The molecule has 0 aliphatic carbocycles. The van der Waals surface area contributed by atoms with E-state index in [9.17, 15) is 0 Å². The van der Waals surface area contributed by atoms with Crippen molar-refractivity contribution in [2.45, 2.75) is 33.2 Å². The van der Waals surface area contributed by atoms with Crippen LogP contribution in [0.1, 0.15) is 41.3 Å². The average Bonchev–Trinajstić information content (AvgIpc) is 2.96. The maximum absolute atomic E-state index is 9.13. The van der Waals surface area contributed by atoms with Crippen LogP contribution in [0.3, 0.4) is 0 Å². The van der Waals surface area contributed by atoms with Crippen molar-refractivity contribution in [1.82, 2.24) is 14.5 Å². The second-order valence-electron chi connectivity index (χ2n) is 4.15. The Balaban J connectivity index is 2.30. The molecule has 0 saturated carbocycles. The Bertz CT molecular complexity index is 668. The predicted octanol–water partition coefficient (Wildman–Crippen LogP) is 2.39. The normalized spacial score (nSPS) is 10.1. The lowest BCUT2D eigenvalue weighted by molar-refractivity contribution is 0.732. The van der Waals surface area contributed by atoms with Crippen molar-refractivity contribution >= 4 is 11.3 Å². The van der Waals surface area contributed by atoms with Gasteiger partial charge in [-0.25, -0.2) is 9.97 Å². The van der Waals surface area contributed by atoms with E-state index in [4.69, 9.17) is 10.5 Å². The molecule has 2 aromatic heterocycles. The fourth-order valence-corrected chi connectivity index (χ4v) is 2.75. The number of thiazole rings is 1. The van der Waals surface area contributed by atoms with Crippen molar-refractivity contribution in [2.24, 2.45) is 0 Å². The standard InChI is InChI=1S/C13H13N5S/c1-3-4-13-17-10(8-19-13)7-18-9(2)16-11(5-14)12(18)6-15/h8H,3-4,7H2,1-2H3. The summed E-state index contributed by atoms with van der Waals surface area (Å²) < 4.78 is 1.74. The number of aromatic nitrogens is 3. The third kappa shape index (κ3) is 2.64. The predicted molar refractivity (Wildman–Crippen MR) is 71.6 cm³/mol. The first-order valence-corrected chi connectivity index (χ1v) is 6.88. The summed E-state index contributed by atoms with van der Waals surface area (Å²) in [6.07, 6.45) is 2.04. The van der Waals surface area contributed by atoms with E-state index in [0.717, 1.165) is 23.5 Å². The Morgan fingerprint density at radius 3 is 2.74 bits per heavy atom. The summed E-state index contributed by atoms with van der Waals surface area (Å²) in [5, 5.41) is 21.2. The summed E-state index contributed by atoms with van der Waals surface area (Å²) in [6, 6.07) is 3.99. The van der Waals surface area contributed by atoms with Crippen LogP contribution in [-0.2, 0) is 13.0 Å². The maximum Gasteiger partial charge on any atom is 0.177 e. The molecule has 0 aromatic carbocycles. The minimum atomic E-state index is 0.184. The summed E-state index contributed by atoms with van der Waals surface area (Å²) in [4.78, 5) is 8.62. The van der Waals surface area contributed by atoms with Crippen LogP contribution in [0, 0.1) is 29.6 Å². The van der Waals surface area contributed by atoms with Crippen LogP contribution in [0.4, 0.5) is 0 Å². The zero-order chi connectivity index (χ0) is 13.8.